The number of carbonyl (C=O) groups is 4. The molecule has 4 amide bonds. The fraction of sp³-hybridized carbons (Fsp3) is 0.500. The number of hydrogen-bond donors (Lipinski definition) is 4. The maximum Gasteiger partial charge on any atom is 0.407 e. The number of amides is 4. The van der Waals surface area contributed by atoms with Crippen molar-refractivity contribution >= 4 is 46.1 Å². The number of likely N-dealkylation sites (tertiary alicyclic amines) is 2. The number of aromatic amines is 2. The van der Waals surface area contributed by atoms with E-state index in [1.165, 1.54) is 14.2 Å². The number of H-pyrrole nitrogens is 2. The van der Waals surface area contributed by atoms with E-state index in [1.807, 2.05) is 76.2 Å². The van der Waals surface area contributed by atoms with E-state index in [4.69, 9.17) is 38.4 Å². The molecule has 18 heteroatoms. The zero-order valence-electron chi connectivity index (χ0n) is 39.0. The highest BCUT2D eigenvalue weighted by Gasteiger charge is 2.39. The molecule has 3 aromatic carbocycles. The number of aromatic nitrogens is 4. The second-order valence-corrected chi connectivity index (χ2v) is 17.3. The summed E-state index contributed by atoms with van der Waals surface area (Å²) in [6.07, 6.45) is 1.75. The minimum atomic E-state index is -0.741. The second kappa shape index (κ2) is 21.3. The van der Waals surface area contributed by atoms with E-state index in [1.54, 1.807) is 24.0 Å². The van der Waals surface area contributed by atoms with Crippen LogP contribution in [0.2, 0.25) is 0 Å². The Labute approximate surface area is 384 Å². The monoisotopic (exact) mass is 910 g/mol. The maximum atomic E-state index is 13.8. The van der Waals surface area contributed by atoms with Crippen LogP contribution in [0.5, 0.6) is 11.5 Å². The quantitative estimate of drug-likeness (QED) is 0.0661. The van der Waals surface area contributed by atoms with Crippen LogP contribution >= 0.6 is 0 Å². The first kappa shape index (κ1) is 47.6. The third-order valence-electron chi connectivity index (χ3n) is 12.3. The molecular weight excluding hydrogens is 849 g/mol. The first-order valence-electron chi connectivity index (χ1n) is 22.6. The van der Waals surface area contributed by atoms with E-state index in [0.29, 0.717) is 49.5 Å². The van der Waals surface area contributed by atoms with Gasteiger partial charge < -0.3 is 58.8 Å². The van der Waals surface area contributed by atoms with Gasteiger partial charge in [-0.05, 0) is 85.0 Å². The molecule has 4 N–H and O–H groups in total. The Balaban J connectivity index is 1.22. The van der Waals surface area contributed by atoms with Crippen molar-refractivity contribution < 1.29 is 47.6 Å². The first-order valence-corrected chi connectivity index (χ1v) is 22.6. The van der Waals surface area contributed by atoms with Crippen molar-refractivity contribution in [2.24, 2.45) is 11.8 Å². The minimum Gasteiger partial charge on any atom is -0.487 e. The molecule has 18 nitrogen and oxygen atoms in total. The summed E-state index contributed by atoms with van der Waals surface area (Å²) in [5.74, 6) is 1.73. The van der Waals surface area contributed by atoms with Gasteiger partial charge >= 0.3 is 12.2 Å². The molecule has 2 aliphatic rings. The van der Waals surface area contributed by atoms with Gasteiger partial charge in [0.1, 0.15) is 36.9 Å². The number of alkyl carbamates (subject to hydrolysis) is 2. The van der Waals surface area contributed by atoms with Crippen molar-refractivity contribution in [2.45, 2.75) is 77.5 Å². The Morgan fingerprint density at radius 1 is 0.621 bits per heavy atom. The maximum absolute atomic E-state index is 13.8. The Kier molecular flexibility index (Phi) is 15.3. The summed E-state index contributed by atoms with van der Waals surface area (Å²) in [6, 6.07) is 13.8. The Morgan fingerprint density at radius 2 is 1.03 bits per heavy atom. The summed E-state index contributed by atoms with van der Waals surface area (Å²) in [6.45, 7) is 9.84. The van der Waals surface area contributed by atoms with Gasteiger partial charge in [0.25, 0.3) is 0 Å². The molecule has 0 bridgehead atoms. The standard InChI is InChI=1S/C48H62N8O10/c1-27(2)39(53-47(59)63-7)45(57)55-19-9-11-37(55)43-49-33-17-13-29(25-35(33)51-43)31-15-16-32(42(66-24-22-62-6)41(31)65-23-21-61-5)30-14-18-34-36(26-30)52-44(50-34)38-12-10-20-56(38)46(58)40(28(3)4)54-48(60)64-8/h13-18,25-28,37-40H,9-12,19-24H2,1-8H3,(H,49,51)(H,50,52)(H,53,59)(H,54,60)/t37-,38?,39?,40-/m0/s1. The second-order valence-electron chi connectivity index (χ2n) is 17.3. The third kappa shape index (κ3) is 10.2. The topological polar surface area (TPSA) is 212 Å². The fourth-order valence-electron chi connectivity index (χ4n) is 8.85. The first-order chi connectivity index (χ1) is 31.9. The largest absolute Gasteiger partial charge is 0.487 e. The average molecular weight is 911 g/mol. The van der Waals surface area contributed by atoms with Crippen molar-refractivity contribution in [1.29, 1.82) is 0 Å². The van der Waals surface area contributed by atoms with Crippen LogP contribution in [0.15, 0.2) is 48.5 Å². The molecule has 0 aliphatic carbocycles. The van der Waals surface area contributed by atoms with Crippen LogP contribution in [-0.4, -0.2) is 134 Å². The number of methoxy groups -OCH3 is 4. The van der Waals surface area contributed by atoms with Crippen molar-refractivity contribution in [1.82, 2.24) is 40.4 Å². The van der Waals surface area contributed by atoms with Crippen LogP contribution in [-0.2, 0) is 28.5 Å². The van der Waals surface area contributed by atoms with Crippen LogP contribution in [0, 0.1) is 11.8 Å². The van der Waals surface area contributed by atoms with Crippen molar-refractivity contribution in [3.63, 3.8) is 0 Å². The van der Waals surface area contributed by atoms with E-state index in [0.717, 1.165) is 70.0 Å². The van der Waals surface area contributed by atoms with E-state index in [9.17, 15) is 19.2 Å². The average Bonchev–Trinajstić information content (AvgIpc) is 4.15. The molecule has 0 radical (unpaired) electrons. The lowest BCUT2D eigenvalue weighted by Gasteiger charge is -2.29. The highest BCUT2D eigenvalue weighted by Crippen LogP contribution is 2.46. The molecule has 2 aliphatic heterocycles. The summed E-state index contributed by atoms with van der Waals surface area (Å²) < 4.78 is 33.5. The molecule has 354 valence electrons. The van der Waals surface area contributed by atoms with Gasteiger partial charge in [0, 0.05) is 38.4 Å². The van der Waals surface area contributed by atoms with Gasteiger partial charge in [-0.2, -0.15) is 0 Å². The van der Waals surface area contributed by atoms with Gasteiger partial charge in [-0.3, -0.25) is 9.59 Å². The zero-order valence-corrected chi connectivity index (χ0v) is 39.0. The molecule has 66 heavy (non-hydrogen) atoms. The third-order valence-corrected chi connectivity index (χ3v) is 12.3. The Bertz CT molecular complexity index is 2350. The van der Waals surface area contributed by atoms with Gasteiger partial charge in [-0.25, -0.2) is 19.6 Å². The number of hydrogen-bond acceptors (Lipinski definition) is 12. The molecule has 2 aromatic heterocycles. The van der Waals surface area contributed by atoms with Crippen LogP contribution in [0.3, 0.4) is 0 Å². The number of benzene rings is 3. The molecule has 7 rings (SSSR count). The lowest BCUT2D eigenvalue weighted by molar-refractivity contribution is -0.136. The van der Waals surface area contributed by atoms with Crippen molar-refractivity contribution in [3.05, 3.63) is 60.2 Å². The lowest BCUT2D eigenvalue weighted by atomic mass is 9.97. The molecule has 2 fully saturated rings. The van der Waals surface area contributed by atoms with Gasteiger partial charge in [-0.15, -0.1) is 0 Å². The molecule has 2 saturated heterocycles. The summed E-state index contributed by atoms with van der Waals surface area (Å²) in [7, 11) is 5.80. The van der Waals surface area contributed by atoms with E-state index in [2.05, 4.69) is 20.6 Å². The Hall–Kier alpha value is -6.40. The number of imidazole rings is 2. The van der Waals surface area contributed by atoms with Gasteiger partial charge in [-0.1, -0.05) is 39.8 Å². The van der Waals surface area contributed by atoms with Crippen LogP contribution in [0.4, 0.5) is 9.59 Å². The minimum absolute atomic E-state index is 0.151. The van der Waals surface area contributed by atoms with Crippen LogP contribution in [0.25, 0.3) is 44.3 Å². The summed E-state index contributed by atoms with van der Waals surface area (Å²) in [4.78, 5) is 72.5. The van der Waals surface area contributed by atoms with Gasteiger partial charge in [0.15, 0.2) is 11.5 Å². The number of nitrogens with one attached hydrogen (secondary N) is 4. The molecule has 2 unspecified atom stereocenters. The molecule has 5 aromatic rings. The summed E-state index contributed by atoms with van der Waals surface area (Å²) in [5, 5.41) is 5.42. The van der Waals surface area contributed by atoms with E-state index >= 15 is 0 Å². The smallest absolute Gasteiger partial charge is 0.407 e. The molecule has 4 heterocycles. The normalized spacial score (nSPS) is 17.1. The lowest BCUT2D eigenvalue weighted by Crippen LogP contribution is -2.51. The highest BCUT2D eigenvalue weighted by atomic mass is 16.6. The van der Waals surface area contributed by atoms with Crippen LogP contribution in [0.1, 0.15) is 77.1 Å². The van der Waals surface area contributed by atoms with Gasteiger partial charge in [0.05, 0.1) is 61.6 Å². The number of fused-ring (bicyclic) bond motifs is 2. The molecular formula is C48H62N8O10. The molecule has 4 atom stereocenters. The van der Waals surface area contributed by atoms with Gasteiger partial charge in [0.2, 0.25) is 11.8 Å². The fourth-order valence-corrected chi connectivity index (χ4v) is 8.85. The SMILES string of the molecule is COCCOc1c(-c2ccc3nc(C4CCCN4C(=O)[C@@H](NC(=O)OC)C(C)C)[nH]c3c2)ccc(-c2ccc3nc([C@@H]4CCCN4C(=O)C(NC(=O)OC)C(C)C)[nH]c3c2)c1OCCOC. The number of nitrogens with zero attached hydrogens (tertiary/aromatic N) is 4. The summed E-state index contributed by atoms with van der Waals surface area (Å²) >= 11 is 0. The molecule has 0 saturated carbocycles. The predicted octanol–water partition coefficient (Wildman–Crippen LogP) is 6.91. The van der Waals surface area contributed by atoms with Crippen molar-refractivity contribution in [3.8, 4) is 33.8 Å². The number of ether oxygens (including phenoxy) is 6. The predicted molar refractivity (Wildman–Crippen MR) is 247 cm³/mol. The number of carbonyl (C=O) groups excluding carboxylic acids is 4. The summed E-state index contributed by atoms with van der Waals surface area (Å²) in [5.41, 5.74) is 6.31. The van der Waals surface area contributed by atoms with Crippen molar-refractivity contribution in [2.75, 3.05) is 68.0 Å². The highest BCUT2D eigenvalue weighted by molar-refractivity contribution is 5.91. The van der Waals surface area contributed by atoms with E-state index in [-0.39, 0.29) is 48.9 Å². The number of rotatable bonds is 18. The van der Waals surface area contributed by atoms with Crippen LogP contribution < -0.4 is 20.1 Å². The molecule has 0 spiro atoms. The Morgan fingerprint density at radius 3 is 1.39 bits per heavy atom. The van der Waals surface area contributed by atoms with E-state index < -0.39 is 24.3 Å². The zero-order chi connectivity index (χ0) is 47.1.